The minimum atomic E-state index is -0.206. The third-order valence-electron chi connectivity index (χ3n) is 4.33. The predicted octanol–water partition coefficient (Wildman–Crippen LogP) is 3.42. The maximum atomic E-state index is 12.9. The number of benzene rings is 2. The highest BCUT2D eigenvalue weighted by Gasteiger charge is 2.29. The molecule has 1 aliphatic rings. The van der Waals surface area contributed by atoms with Gasteiger partial charge in [0.25, 0.3) is 0 Å². The lowest BCUT2D eigenvalue weighted by Gasteiger charge is -2.27. The molecule has 1 aromatic heterocycles. The van der Waals surface area contributed by atoms with E-state index in [4.69, 9.17) is 0 Å². The fraction of sp³-hybridized carbons (Fsp3) is 0.211. The minimum absolute atomic E-state index is 0.0492. The van der Waals surface area contributed by atoms with Gasteiger partial charge in [-0.3, -0.25) is 9.59 Å². The minimum Gasteiger partial charge on any atom is -0.333 e. The molecule has 3 aromatic rings. The first-order valence-electron chi connectivity index (χ1n) is 8.40. The van der Waals surface area contributed by atoms with Gasteiger partial charge in [-0.25, -0.2) is 4.98 Å². The van der Waals surface area contributed by atoms with Crippen molar-refractivity contribution in [2.45, 2.75) is 24.5 Å². The summed E-state index contributed by atoms with van der Waals surface area (Å²) in [6, 6.07) is 15.0. The van der Waals surface area contributed by atoms with Crippen molar-refractivity contribution in [3.05, 3.63) is 48.5 Å². The van der Waals surface area contributed by atoms with Gasteiger partial charge in [0.05, 0.1) is 28.2 Å². The number of carbonyl (C=O) groups excluding carboxylic acids is 2. The number of nitrogens with one attached hydrogen (secondary N) is 2. The molecule has 0 fully saturated rings. The molecular weight excluding hydrogens is 348 g/mol. The highest BCUT2D eigenvalue weighted by molar-refractivity contribution is 7.99. The number of anilines is 2. The molecule has 0 saturated carbocycles. The molecule has 1 aliphatic heterocycles. The van der Waals surface area contributed by atoms with Gasteiger partial charge in [-0.1, -0.05) is 36.0 Å². The molecule has 0 saturated heterocycles. The number of H-pyrrole nitrogens is 1. The largest absolute Gasteiger partial charge is 0.333 e. The maximum absolute atomic E-state index is 12.9. The monoisotopic (exact) mass is 366 g/mol. The predicted molar refractivity (Wildman–Crippen MR) is 103 cm³/mol. The summed E-state index contributed by atoms with van der Waals surface area (Å²) in [4.78, 5) is 34.4. The van der Waals surface area contributed by atoms with E-state index in [-0.39, 0.29) is 30.0 Å². The summed E-state index contributed by atoms with van der Waals surface area (Å²) >= 11 is 1.37. The van der Waals surface area contributed by atoms with Crippen molar-refractivity contribution in [1.82, 2.24) is 9.97 Å². The number of hydrogen-bond donors (Lipinski definition) is 2. The number of aromatic nitrogens is 2. The number of hydrogen-bond acceptors (Lipinski definition) is 4. The average molecular weight is 366 g/mol. The zero-order valence-electron chi connectivity index (χ0n) is 14.2. The van der Waals surface area contributed by atoms with Crippen molar-refractivity contribution in [2.24, 2.45) is 0 Å². The molecule has 0 unspecified atom stereocenters. The lowest BCUT2D eigenvalue weighted by molar-refractivity contribution is -0.117. The SMILES string of the molecule is C[C@@H]1CC(=O)Nc2ccccc2N1C(=O)CSc1nc2ccccc2[nH]1. The summed E-state index contributed by atoms with van der Waals surface area (Å²) in [6.45, 7) is 1.89. The third-order valence-corrected chi connectivity index (χ3v) is 5.19. The van der Waals surface area contributed by atoms with Crippen molar-refractivity contribution in [1.29, 1.82) is 0 Å². The van der Waals surface area contributed by atoms with Crippen LogP contribution in [0.1, 0.15) is 13.3 Å². The fourth-order valence-corrected chi connectivity index (χ4v) is 3.91. The number of aromatic amines is 1. The zero-order chi connectivity index (χ0) is 18.1. The van der Waals surface area contributed by atoms with Crippen LogP contribution in [0, 0.1) is 0 Å². The first kappa shape index (κ1) is 16.7. The van der Waals surface area contributed by atoms with E-state index in [1.807, 2.05) is 55.5 Å². The van der Waals surface area contributed by atoms with E-state index >= 15 is 0 Å². The second-order valence-corrected chi connectivity index (χ2v) is 7.19. The summed E-state index contributed by atoms with van der Waals surface area (Å²) in [6.07, 6.45) is 0.274. The number of amides is 2. The number of nitrogens with zero attached hydrogens (tertiary/aromatic N) is 2. The lowest BCUT2D eigenvalue weighted by Crippen LogP contribution is -2.40. The summed E-state index contributed by atoms with van der Waals surface area (Å²) in [5.74, 6) is 0.115. The molecular formula is C19H18N4O2S. The molecule has 26 heavy (non-hydrogen) atoms. The van der Waals surface area contributed by atoms with Gasteiger partial charge < -0.3 is 15.2 Å². The van der Waals surface area contributed by atoms with Crippen LogP contribution in [0.5, 0.6) is 0 Å². The number of para-hydroxylation sites is 4. The summed E-state index contributed by atoms with van der Waals surface area (Å²) in [5, 5.41) is 3.58. The molecule has 2 aromatic carbocycles. The molecule has 2 N–H and O–H groups in total. The van der Waals surface area contributed by atoms with Crippen molar-refractivity contribution in [3.8, 4) is 0 Å². The Kier molecular flexibility index (Phi) is 4.38. The van der Waals surface area contributed by atoms with E-state index in [0.29, 0.717) is 10.8 Å². The number of carbonyl (C=O) groups is 2. The second kappa shape index (κ2) is 6.84. The highest BCUT2D eigenvalue weighted by atomic mass is 32.2. The Morgan fingerprint density at radius 2 is 2.00 bits per heavy atom. The van der Waals surface area contributed by atoms with Gasteiger partial charge >= 0.3 is 0 Å². The lowest BCUT2D eigenvalue weighted by atomic mass is 10.2. The van der Waals surface area contributed by atoms with E-state index in [2.05, 4.69) is 15.3 Å². The summed E-state index contributed by atoms with van der Waals surface area (Å²) in [5.41, 5.74) is 3.24. The highest BCUT2D eigenvalue weighted by Crippen LogP contribution is 2.32. The standard InChI is InChI=1S/C19H18N4O2S/c1-12-10-17(24)20-15-8-4-5-9-16(15)23(12)18(25)11-26-19-21-13-6-2-3-7-14(13)22-19/h2-9,12H,10-11H2,1H3,(H,20,24)(H,21,22)/t12-/m1/s1. The van der Waals surface area contributed by atoms with E-state index in [1.54, 1.807) is 4.90 Å². The fourth-order valence-electron chi connectivity index (χ4n) is 3.17. The van der Waals surface area contributed by atoms with Crippen molar-refractivity contribution < 1.29 is 9.59 Å². The number of thioether (sulfide) groups is 1. The molecule has 1 atom stereocenters. The van der Waals surface area contributed by atoms with E-state index in [1.165, 1.54) is 11.8 Å². The molecule has 4 rings (SSSR count). The van der Waals surface area contributed by atoms with Gasteiger partial charge in [-0.2, -0.15) is 0 Å². The van der Waals surface area contributed by atoms with Crippen LogP contribution in [0.2, 0.25) is 0 Å². The number of imidazole rings is 1. The van der Waals surface area contributed by atoms with Gasteiger partial charge in [0.2, 0.25) is 11.8 Å². The van der Waals surface area contributed by atoms with Crippen LogP contribution >= 0.6 is 11.8 Å². The maximum Gasteiger partial charge on any atom is 0.237 e. The first-order chi connectivity index (χ1) is 12.6. The quantitative estimate of drug-likeness (QED) is 0.696. The topological polar surface area (TPSA) is 78.1 Å². The summed E-state index contributed by atoms with van der Waals surface area (Å²) in [7, 11) is 0. The first-order valence-corrected chi connectivity index (χ1v) is 9.39. The molecule has 2 heterocycles. The molecule has 0 bridgehead atoms. The van der Waals surface area contributed by atoms with Crippen LogP contribution in [0.25, 0.3) is 11.0 Å². The van der Waals surface area contributed by atoms with Crippen LogP contribution < -0.4 is 10.2 Å². The number of fused-ring (bicyclic) bond motifs is 2. The Morgan fingerprint density at radius 3 is 2.85 bits per heavy atom. The van der Waals surface area contributed by atoms with Crippen molar-refractivity contribution >= 4 is 46.0 Å². The molecule has 132 valence electrons. The van der Waals surface area contributed by atoms with Crippen LogP contribution in [0.4, 0.5) is 11.4 Å². The van der Waals surface area contributed by atoms with Crippen LogP contribution in [0.15, 0.2) is 53.7 Å². The van der Waals surface area contributed by atoms with E-state index in [0.717, 1.165) is 16.7 Å². The average Bonchev–Trinajstić information content (AvgIpc) is 2.98. The van der Waals surface area contributed by atoms with Gasteiger partial charge in [0.1, 0.15) is 0 Å². The van der Waals surface area contributed by atoms with Gasteiger partial charge in [0, 0.05) is 12.5 Å². The van der Waals surface area contributed by atoms with E-state index in [9.17, 15) is 9.59 Å². The van der Waals surface area contributed by atoms with E-state index < -0.39 is 0 Å². The van der Waals surface area contributed by atoms with Crippen LogP contribution in [0.3, 0.4) is 0 Å². The zero-order valence-corrected chi connectivity index (χ0v) is 15.0. The molecule has 0 radical (unpaired) electrons. The Hall–Kier alpha value is -2.80. The molecule has 6 nitrogen and oxygen atoms in total. The second-order valence-electron chi connectivity index (χ2n) is 6.23. The third kappa shape index (κ3) is 3.17. The van der Waals surface area contributed by atoms with Crippen molar-refractivity contribution in [2.75, 3.05) is 16.0 Å². The van der Waals surface area contributed by atoms with Crippen LogP contribution in [-0.2, 0) is 9.59 Å². The number of rotatable bonds is 3. The van der Waals surface area contributed by atoms with Gasteiger partial charge in [-0.05, 0) is 31.2 Å². The van der Waals surface area contributed by atoms with Crippen LogP contribution in [-0.4, -0.2) is 33.6 Å². The smallest absolute Gasteiger partial charge is 0.237 e. The molecule has 2 amide bonds. The molecule has 7 heteroatoms. The molecule has 0 aliphatic carbocycles. The Bertz CT molecular complexity index is 951. The Balaban J connectivity index is 1.55. The molecule has 0 spiro atoms. The van der Waals surface area contributed by atoms with Gasteiger partial charge in [0.15, 0.2) is 5.16 Å². The Morgan fingerprint density at radius 1 is 1.23 bits per heavy atom. The Labute approximate surface area is 155 Å². The van der Waals surface area contributed by atoms with Crippen molar-refractivity contribution in [3.63, 3.8) is 0 Å². The normalized spacial score (nSPS) is 16.9. The van der Waals surface area contributed by atoms with Gasteiger partial charge in [-0.15, -0.1) is 0 Å². The summed E-state index contributed by atoms with van der Waals surface area (Å²) < 4.78 is 0.